The lowest BCUT2D eigenvalue weighted by Gasteiger charge is -2.23. The van der Waals surface area contributed by atoms with E-state index < -0.39 is 0 Å². The first-order valence-electron chi connectivity index (χ1n) is 7.32. The first-order chi connectivity index (χ1) is 10.2. The van der Waals surface area contributed by atoms with Gasteiger partial charge in [-0.2, -0.15) is 5.26 Å². The topological polar surface area (TPSA) is 39.9 Å². The molecular formula is C18H21N3. The van der Waals surface area contributed by atoms with Crippen molar-refractivity contribution in [2.75, 3.05) is 13.6 Å². The number of nitriles is 1. The predicted octanol–water partition coefficient (Wildman–Crippen LogP) is 3.38. The number of rotatable bonds is 6. The largest absolute Gasteiger partial charge is 0.287 e. The molecule has 1 aromatic heterocycles. The summed E-state index contributed by atoms with van der Waals surface area (Å²) in [6.07, 6.45) is 5.56. The molecule has 3 nitrogen and oxygen atoms in total. The summed E-state index contributed by atoms with van der Waals surface area (Å²) >= 11 is 0. The fourth-order valence-corrected chi connectivity index (χ4v) is 2.35. The molecule has 108 valence electrons. The standard InChI is InChI=1S/C18H21N3/c1-3-15-4-6-17(7-5-15)18(14-19)21(2)13-10-16-8-11-20-12-9-16/h4-9,11-12,18H,3,10,13H2,1-2H3. The van der Waals surface area contributed by atoms with Crippen molar-refractivity contribution in [2.45, 2.75) is 25.8 Å². The van der Waals surface area contributed by atoms with E-state index in [2.05, 4.69) is 47.1 Å². The van der Waals surface area contributed by atoms with Crippen molar-refractivity contribution in [3.8, 4) is 6.07 Å². The Balaban J connectivity index is 2.01. The van der Waals surface area contributed by atoms with Crippen LogP contribution in [0.1, 0.15) is 29.7 Å². The summed E-state index contributed by atoms with van der Waals surface area (Å²) < 4.78 is 0. The Morgan fingerprint density at radius 1 is 1.10 bits per heavy atom. The number of hydrogen-bond donors (Lipinski definition) is 0. The third-order valence-corrected chi connectivity index (χ3v) is 3.77. The van der Waals surface area contributed by atoms with E-state index in [1.54, 1.807) is 12.4 Å². The molecule has 0 aliphatic heterocycles. The van der Waals surface area contributed by atoms with Gasteiger partial charge in [-0.05, 0) is 48.7 Å². The van der Waals surface area contributed by atoms with Crippen molar-refractivity contribution < 1.29 is 0 Å². The average Bonchev–Trinajstić information content (AvgIpc) is 2.55. The number of nitrogens with zero attached hydrogens (tertiary/aromatic N) is 3. The Kier molecular flexibility index (Phi) is 5.48. The molecule has 0 radical (unpaired) electrons. The fraction of sp³-hybridized carbons (Fsp3) is 0.333. The Morgan fingerprint density at radius 3 is 2.33 bits per heavy atom. The van der Waals surface area contributed by atoms with Crippen LogP contribution in [0.3, 0.4) is 0 Å². The molecule has 2 aromatic rings. The van der Waals surface area contributed by atoms with Gasteiger partial charge in [-0.3, -0.25) is 9.88 Å². The van der Waals surface area contributed by atoms with Crippen LogP contribution in [0.5, 0.6) is 0 Å². The molecule has 21 heavy (non-hydrogen) atoms. The number of pyridine rings is 1. The summed E-state index contributed by atoms with van der Waals surface area (Å²) in [5.74, 6) is 0. The second-order valence-electron chi connectivity index (χ2n) is 5.21. The molecule has 0 saturated carbocycles. The summed E-state index contributed by atoms with van der Waals surface area (Å²) in [6.45, 7) is 2.98. The maximum absolute atomic E-state index is 9.47. The molecule has 0 aliphatic carbocycles. The lowest BCUT2D eigenvalue weighted by atomic mass is 10.0. The fourth-order valence-electron chi connectivity index (χ4n) is 2.35. The van der Waals surface area contributed by atoms with Crippen LogP contribution in [0.15, 0.2) is 48.8 Å². The lowest BCUT2D eigenvalue weighted by Crippen LogP contribution is -2.25. The smallest absolute Gasteiger partial charge is 0.123 e. The summed E-state index contributed by atoms with van der Waals surface area (Å²) in [6, 6.07) is 14.6. The predicted molar refractivity (Wildman–Crippen MR) is 84.7 cm³/mol. The monoisotopic (exact) mass is 279 g/mol. The van der Waals surface area contributed by atoms with Crippen LogP contribution in [-0.4, -0.2) is 23.5 Å². The second-order valence-corrected chi connectivity index (χ2v) is 5.21. The third-order valence-electron chi connectivity index (χ3n) is 3.77. The highest BCUT2D eigenvalue weighted by Gasteiger charge is 2.15. The molecule has 1 aromatic carbocycles. The van der Waals surface area contributed by atoms with Crippen LogP contribution in [0.25, 0.3) is 0 Å². The average molecular weight is 279 g/mol. The van der Waals surface area contributed by atoms with E-state index in [0.717, 1.165) is 24.9 Å². The Labute approximate surface area is 126 Å². The van der Waals surface area contributed by atoms with Gasteiger partial charge in [0.1, 0.15) is 6.04 Å². The highest BCUT2D eigenvalue weighted by molar-refractivity contribution is 5.28. The van der Waals surface area contributed by atoms with Crippen molar-refractivity contribution in [2.24, 2.45) is 0 Å². The second kappa shape index (κ2) is 7.56. The zero-order valence-corrected chi connectivity index (χ0v) is 12.7. The Hall–Kier alpha value is -2.18. The van der Waals surface area contributed by atoms with Gasteiger partial charge in [0.15, 0.2) is 0 Å². The molecule has 0 fully saturated rings. The van der Waals surface area contributed by atoms with E-state index in [1.807, 2.05) is 19.2 Å². The van der Waals surface area contributed by atoms with E-state index in [4.69, 9.17) is 0 Å². The van der Waals surface area contributed by atoms with Crippen LogP contribution in [0, 0.1) is 11.3 Å². The molecule has 0 N–H and O–H groups in total. The van der Waals surface area contributed by atoms with Crippen molar-refractivity contribution in [1.29, 1.82) is 5.26 Å². The maximum atomic E-state index is 9.47. The molecule has 2 rings (SSSR count). The van der Waals surface area contributed by atoms with Crippen LogP contribution in [-0.2, 0) is 12.8 Å². The number of hydrogen-bond acceptors (Lipinski definition) is 3. The first kappa shape index (κ1) is 15.2. The summed E-state index contributed by atoms with van der Waals surface area (Å²) in [5, 5.41) is 9.47. The molecule has 0 spiro atoms. The van der Waals surface area contributed by atoms with Crippen LogP contribution in [0.2, 0.25) is 0 Å². The highest BCUT2D eigenvalue weighted by atomic mass is 15.1. The highest BCUT2D eigenvalue weighted by Crippen LogP contribution is 2.19. The molecule has 0 aliphatic rings. The molecule has 0 saturated heterocycles. The van der Waals surface area contributed by atoms with E-state index in [0.29, 0.717) is 0 Å². The van der Waals surface area contributed by atoms with Gasteiger partial charge in [0.2, 0.25) is 0 Å². The quantitative estimate of drug-likeness (QED) is 0.813. The number of benzene rings is 1. The Bertz CT molecular complexity index is 584. The molecule has 3 heteroatoms. The minimum Gasteiger partial charge on any atom is -0.287 e. The van der Waals surface area contributed by atoms with Gasteiger partial charge in [-0.25, -0.2) is 0 Å². The Morgan fingerprint density at radius 2 is 1.76 bits per heavy atom. The SMILES string of the molecule is CCc1ccc(C(C#N)N(C)CCc2ccncc2)cc1. The van der Waals surface area contributed by atoms with Crippen LogP contribution in [0.4, 0.5) is 0 Å². The van der Waals surface area contributed by atoms with Crippen molar-refractivity contribution in [1.82, 2.24) is 9.88 Å². The van der Waals surface area contributed by atoms with E-state index in [1.165, 1.54) is 11.1 Å². The van der Waals surface area contributed by atoms with Gasteiger partial charge in [-0.1, -0.05) is 31.2 Å². The first-order valence-corrected chi connectivity index (χ1v) is 7.32. The number of likely N-dealkylation sites (N-methyl/N-ethyl adjacent to an activating group) is 1. The van der Waals surface area contributed by atoms with Crippen molar-refractivity contribution in [3.05, 3.63) is 65.5 Å². The van der Waals surface area contributed by atoms with E-state index in [-0.39, 0.29) is 6.04 Å². The van der Waals surface area contributed by atoms with Crippen molar-refractivity contribution >= 4 is 0 Å². The third kappa shape index (κ3) is 4.14. The molecular weight excluding hydrogens is 258 g/mol. The summed E-state index contributed by atoms with van der Waals surface area (Å²) in [4.78, 5) is 6.12. The minimum absolute atomic E-state index is 0.197. The summed E-state index contributed by atoms with van der Waals surface area (Å²) in [7, 11) is 2.00. The van der Waals surface area contributed by atoms with Crippen LogP contribution >= 0.6 is 0 Å². The maximum Gasteiger partial charge on any atom is 0.123 e. The number of aryl methyl sites for hydroxylation is 1. The molecule has 1 heterocycles. The normalized spacial score (nSPS) is 12.1. The van der Waals surface area contributed by atoms with Gasteiger partial charge >= 0.3 is 0 Å². The van der Waals surface area contributed by atoms with E-state index >= 15 is 0 Å². The van der Waals surface area contributed by atoms with Gasteiger partial charge in [-0.15, -0.1) is 0 Å². The molecule has 0 amide bonds. The lowest BCUT2D eigenvalue weighted by molar-refractivity contribution is 0.295. The molecule has 1 unspecified atom stereocenters. The van der Waals surface area contributed by atoms with Crippen LogP contribution < -0.4 is 0 Å². The molecule has 1 atom stereocenters. The zero-order chi connectivity index (χ0) is 15.1. The van der Waals surface area contributed by atoms with Gasteiger partial charge < -0.3 is 0 Å². The number of aromatic nitrogens is 1. The minimum atomic E-state index is -0.197. The summed E-state index contributed by atoms with van der Waals surface area (Å²) in [5.41, 5.74) is 3.61. The zero-order valence-electron chi connectivity index (χ0n) is 12.7. The van der Waals surface area contributed by atoms with Crippen molar-refractivity contribution in [3.63, 3.8) is 0 Å². The van der Waals surface area contributed by atoms with Gasteiger partial charge in [0.05, 0.1) is 6.07 Å². The van der Waals surface area contributed by atoms with Gasteiger partial charge in [0, 0.05) is 18.9 Å². The van der Waals surface area contributed by atoms with Gasteiger partial charge in [0.25, 0.3) is 0 Å². The molecule has 0 bridgehead atoms. The van der Waals surface area contributed by atoms with E-state index in [9.17, 15) is 5.26 Å².